The quantitative estimate of drug-likeness (QED) is 0.850. The van der Waals surface area contributed by atoms with Crippen molar-refractivity contribution in [2.24, 2.45) is 0 Å². The van der Waals surface area contributed by atoms with Gasteiger partial charge in [-0.05, 0) is 42.5 Å². The molecule has 0 atom stereocenters. The van der Waals surface area contributed by atoms with Crippen LogP contribution in [0, 0.1) is 5.82 Å². The van der Waals surface area contributed by atoms with Gasteiger partial charge in [0.25, 0.3) is 10.0 Å². The molecule has 0 fully saturated rings. The average molecular weight is 309 g/mol. The predicted octanol–water partition coefficient (Wildman–Crippen LogP) is 2.27. The number of nitrogens with two attached hydrogens (primary N) is 1. The molecule has 0 amide bonds. The van der Waals surface area contributed by atoms with Gasteiger partial charge in [0.05, 0.1) is 0 Å². The van der Waals surface area contributed by atoms with E-state index in [9.17, 15) is 12.8 Å². The van der Waals surface area contributed by atoms with Gasteiger partial charge in [-0.3, -0.25) is 4.72 Å². The van der Waals surface area contributed by atoms with E-state index in [-0.39, 0.29) is 5.69 Å². The molecule has 0 saturated heterocycles. The maximum absolute atomic E-state index is 13.7. The van der Waals surface area contributed by atoms with E-state index >= 15 is 0 Å². The van der Waals surface area contributed by atoms with Gasteiger partial charge in [-0.25, -0.2) is 12.8 Å². The van der Waals surface area contributed by atoms with E-state index < -0.39 is 20.7 Å². The highest BCUT2D eigenvalue weighted by atomic mass is 32.2. The molecule has 0 bridgehead atoms. The molecule has 0 heterocycles. The Morgan fingerprint density at radius 1 is 1.10 bits per heavy atom. The third-order valence-electron chi connectivity index (χ3n) is 2.88. The van der Waals surface area contributed by atoms with Crippen LogP contribution in [0.1, 0.15) is 0 Å². The zero-order valence-corrected chi connectivity index (χ0v) is 12.5. The van der Waals surface area contributed by atoms with Gasteiger partial charge in [-0.2, -0.15) is 0 Å². The summed E-state index contributed by atoms with van der Waals surface area (Å²) >= 11 is 0. The number of hydrogen-bond donors (Lipinski definition) is 2. The van der Waals surface area contributed by atoms with E-state index in [1.807, 2.05) is 19.0 Å². The molecule has 0 unspecified atom stereocenters. The molecule has 0 aromatic heterocycles. The van der Waals surface area contributed by atoms with Crippen LogP contribution in [0.4, 0.5) is 21.5 Å². The van der Waals surface area contributed by atoms with E-state index in [4.69, 9.17) is 5.73 Å². The molecule has 2 aromatic rings. The maximum atomic E-state index is 13.7. The number of nitrogens with one attached hydrogen (secondary N) is 1. The first-order valence-corrected chi connectivity index (χ1v) is 7.63. The van der Waals surface area contributed by atoms with E-state index in [0.717, 1.165) is 17.8 Å². The lowest BCUT2D eigenvalue weighted by molar-refractivity contribution is 0.570. The van der Waals surface area contributed by atoms with Crippen LogP contribution in [0.25, 0.3) is 0 Å². The summed E-state index contributed by atoms with van der Waals surface area (Å²) in [6.45, 7) is 0. The van der Waals surface area contributed by atoms with Crippen molar-refractivity contribution in [3.05, 3.63) is 48.3 Å². The Bertz CT molecular complexity index is 743. The van der Waals surface area contributed by atoms with Crippen molar-refractivity contribution in [2.75, 3.05) is 29.5 Å². The van der Waals surface area contributed by atoms with Gasteiger partial charge in [0.15, 0.2) is 0 Å². The monoisotopic (exact) mass is 309 g/mol. The first-order chi connectivity index (χ1) is 9.79. The maximum Gasteiger partial charge on any atom is 0.264 e. The number of nitrogen functional groups attached to an aromatic ring is 1. The van der Waals surface area contributed by atoms with Crippen LogP contribution >= 0.6 is 0 Å². The first kappa shape index (κ1) is 15.1. The van der Waals surface area contributed by atoms with Gasteiger partial charge in [0, 0.05) is 31.2 Å². The SMILES string of the molecule is CN(C)c1ccc(NS(=O)(=O)c2cc(N)ccc2F)cc1. The number of rotatable bonds is 4. The zero-order valence-electron chi connectivity index (χ0n) is 11.7. The molecule has 0 spiro atoms. The zero-order chi connectivity index (χ0) is 15.6. The van der Waals surface area contributed by atoms with Crippen molar-refractivity contribution in [3.8, 4) is 0 Å². The predicted molar refractivity (Wildman–Crippen MR) is 82.4 cm³/mol. The summed E-state index contributed by atoms with van der Waals surface area (Å²) in [5, 5.41) is 0. The summed E-state index contributed by atoms with van der Waals surface area (Å²) in [7, 11) is -0.266. The Labute approximate surface area is 123 Å². The molecule has 0 aliphatic rings. The number of hydrogen-bond acceptors (Lipinski definition) is 4. The van der Waals surface area contributed by atoms with E-state index in [1.54, 1.807) is 24.3 Å². The third kappa shape index (κ3) is 3.43. The van der Waals surface area contributed by atoms with Crippen molar-refractivity contribution >= 4 is 27.1 Å². The Kier molecular flexibility index (Phi) is 4.04. The molecule has 0 radical (unpaired) electrons. The largest absolute Gasteiger partial charge is 0.399 e. The average Bonchev–Trinajstić information content (AvgIpc) is 2.41. The van der Waals surface area contributed by atoms with Crippen LogP contribution in [0.3, 0.4) is 0 Å². The van der Waals surface area contributed by atoms with Gasteiger partial charge in [0.2, 0.25) is 0 Å². The van der Waals surface area contributed by atoms with Gasteiger partial charge in [-0.1, -0.05) is 0 Å². The molecule has 3 N–H and O–H groups in total. The minimum absolute atomic E-state index is 0.180. The van der Waals surface area contributed by atoms with Gasteiger partial charge >= 0.3 is 0 Å². The Morgan fingerprint density at radius 3 is 2.29 bits per heavy atom. The fourth-order valence-corrected chi connectivity index (χ4v) is 2.94. The minimum Gasteiger partial charge on any atom is -0.399 e. The molecular formula is C14H16FN3O2S. The Balaban J connectivity index is 2.31. The van der Waals surface area contributed by atoms with Crippen LogP contribution in [0.5, 0.6) is 0 Å². The Morgan fingerprint density at radius 2 is 1.71 bits per heavy atom. The molecule has 5 nitrogen and oxygen atoms in total. The van der Waals surface area contributed by atoms with Crippen LogP contribution < -0.4 is 15.4 Å². The molecule has 7 heteroatoms. The molecule has 21 heavy (non-hydrogen) atoms. The second-order valence-electron chi connectivity index (χ2n) is 4.74. The molecule has 0 saturated carbocycles. The summed E-state index contributed by atoms with van der Waals surface area (Å²) in [5.74, 6) is -0.846. The number of sulfonamides is 1. The highest BCUT2D eigenvalue weighted by molar-refractivity contribution is 7.92. The lowest BCUT2D eigenvalue weighted by Crippen LogP contribution is -2.15. The van der Waals surface area contributed by atoms with E-state index in [2.05, 4.69) is 4.72 Å². The normalized spacial score (nSPS) is 11.2. The molecule has 0 aliphatic heterocycles. The van der Waals surface area contributed by atoms with Crippen molar-refractivity contribution in [2.45, 2.75) is 4.90 Å². The van der Waals surface area contributed by atoms with Gasteiger partial charge < -0.3 is 10.6 Å². The fourth-order valence-electron chi connectivity index (χ4n) is 1.76. The topological polar surface area (TPSA) is 75.4 Å². The van der Waals surface area contributed by atoms with Crippen molar-refractivity contribution in [3.63, 3.8) is 0 Å². The highest BCUT2D eigenvalue weighted by Gasteiger charge is 2.19. The van der Waals surface area contributed by atoms with E-state index in [1.165, 1.54) is 6.07 Å². The van der Waals surface area contributed by atoms with Gasteiger partial charge in [-0.15, -0.1) is 0 Å². The second kappa shape index (κ2) is 5.61. The fraction of sp³-hybridized carbons (Fsp3) is 0.143. The first-order valence-electron chi connectivity index (χ1n) is 6.15. The number of anilines is 3. The number of halogens is 1. The second-order valence-corrected chi connectivity index (χ2v) is 6.39. The summed E-state index contributed by atoms with van der Waals surface area (Å²) in [4.78, 5) is 1.41. The van der Waals surface area contributed by atoms with Crippen molar-refractivity contribution in [1.29, 1.82) is 0 Å². The molecule has 2 aromatic carbocycles. The van der Waals surface area contributed by atoms with Crippen LogP contribution in [-0.2, 0) is 10.0 Å². The van der Waals surface area contributed by atoms with Crippen LogP contribution in [0.15, 0.2) is 47.4 Å². The smallest absolute Gasteiger partial charge is 0.264 e. The van der Waals surface area contributed by atoms with Gasteiger partial charge in [0.1, 0.15) is 10.7 Å². The molecule has 0 aliphatic carbocycles. The lowest BCUT2D eigenvalue weighted by atomic mass is 10.3. The van der Waals surface area contributed by atoms with Crippen molar-refractivity contribution < 1.29 is 12.8 Å². The Hall–Kier alpha value is -2.28. The highest BCUT2D eigenvalue weighted by Crippen LogP contribution is 2.22. The summed E-state index contributed by atoms with van der Waals surface area (Å²) < 4.78 is 40.3. The summed E-state index contributed by atoms with van der Waals surface area (Å²) in [6.07, 6.45) is 0. The number of benzene rings is 2. The molecule has 112 valence electrons. The van der Waals surface area contributed by atoms with Crippen molar-refractivity contribution in [1.82, 2.24) is 0 Å². The van der Waals surface area contributed by atoms with Crippen LogP contribution in [0.2, 0.25) is 0 Å². The van der Waals surface area contributed by atoms with Crippen LogP contribution in [-0.4, -0.2) is 22.5 Å². The lowest BCUT2D eigenvalue weighted by Gasteiger charge is -2.14. The third-order valence-corrected chi connectivity index (χ3v) is 4.28. The number of nitrogens with zero attached hydrogens (tertiary/aromatic N) is 1. The summed E-state index contributed by atoms with van der Waals surface area (Å²) in [6, 6.07) is 10.2. The molecular weight excluding hydrogens is 293 g/mol. The molecule has 2 rings (SSSR count). The summed E-state index contributed by atoms with van der Waals surface area (Å²) in [5.41, 5.74) is 6.96. The van der Waals surface area contributed by atoms with E-state index in [0.29, 0.717) is 5.69 Å². The minimum atomic E-state index is -4.02. The standard InChI is InChI=1S/C14H16FN3O2S/c1-18(2)12-6-4-11(5-7-12)17-21(19,20)14-9-10(16)3-8-13(14)15/h3-9,17H,16H2,1-2H3.